The zero-order chi connectivity index (χ0) is 18.3. The largest absolute Gasteiger partial charge is 0.350 e. The number of fused-ring (bicyclic) bond motifs is 1. The molecule has 0 unspecified atom stereocenters. The second-order valence-corrected chi connectivity index (χ2v) is 6.16. The number of hydrogen-bond donors (Lipinski definition) is 2. The van der Waals surface area contributed by atoms with E-state index in [1.807, 2.05) is 38.1 Å². The third-order valence-electron chi connectivity index (χ3n) is 4.12. The molecule has 0 radical (unpaired) electrons. The number of H-pyrrole nitrogens is 1. The van der Waals surface area contributed by atoms with Gasteiger partial charge in [-0.3, -0.25) is 0 Å². The van der Waals surface area contributed by atoms with Gasteiger partial charge in [0, 0.05) is 11.6 Å². The van der Waals surface area contributed by atoms with E-state index in [0.29, 0.717) is 11.3 Å². The van der Waals surface area contributed by atoms with Gasteiger partial charge in [0.15, 0.2) is 5.65 Å². The predicted molar refractivity (Wildman–Crippen MR) is 98.2 cm³/mol. The van der Waals surface area contributed by atoms with E-state index in [1.54, 1.807) is 18.2 Å². The normalized spacial score (nSPS) is 11.0. The second-order valence-electron chi connectivity index (χ2n) is 6.16. The van der Waals surface area contributed by atoms with Crippen LogP contribution in [0.1, 0.15) is 11.1 Å². The van der Waals surface area contributed by atoms with E-state index in [2.05, 4.69) is 20.5 Å². The summed E-state index contributed by atoms with van der Waals surface area (Å²) in [7, 11) is 0. The van der Waals surface area contributed by atoms with Crippen molar-refractivity contribution in [3.63, 3.8) is 0 Å². The molecule has 0 amide bonds. The molecule has 0 aliphatic carbocycles. The first-order valence-electron chi connectivity index (χ1n) is 8.10. The Morgan fingerprint density at radius 1 is 1.04 bits per heavy atom. The first kappa shape index (κ1) is 16.0. The van der Waals surface area contributed by atoms with Crippen molar-refractivity contribution in [2.24, 2.45) is 0 Å². The fraction of sp³-hybridized carbons (Fsp3) is 0.105. The van der Waals surface area contributed by atoms with Gasteiger partial charge in [-0.25, -0.2) is 23.7 Å². The monoisotopic (exact) mass is 349 g/mol. The third kappa shape index (κ3) is 2.83. The maximum atomic E-state index is 14.1. The minimum Gasteiger partial charge on any atom is -0.323 e. The number of aryl methyl sites for hydroxylation is 2. The molecule has 2 N–H and O–H groups in total. The van der Waals surface area contributed by atoms with E-state index in [9.17, 15) is 9.18 Å². The van der Waals surface area contributed by atoms with E-state index in [0.717, 1.165) is 16.7 Å². The van der Waals surface area contributed by atoms with Crippen LogP contribution in [0.25, 0.3) is 16.9 Å². The van der Waals surface area contributed by atoms with Crippen LogP contribution in [0, 0.1) is 19.7 Å². The summed E-state index contributed by atoms with van der Waals surface area (Å²) in [5, 5.41) is 9.34. The predicted octanol–water partition coefficient (Wildman–Crippen LogP) is 3.58. The molecule has 2 aromatic carbocycles. The fourth-order valence-electron chi connectivity index (χ4n) is 2.74. The number of benzene rings is 2. The molecule has 0 aliphatic heterocycles. The molecule has 2 heterocycles. The SMILES string of the molecule is Cc1ccc(-c2cc3n[nH]c(=O)n3c(Nc3cc(C)ccc3F)n2)cc1. The molecule has 0 fully saturated rings. The third-order valence-corrected chi connectivity index (χ3v) is 4.12. The van der Waals surface area contributed by atoms with Crippen LogP contribution in [-0.2, 0) is 0 Å². The van der Waals surface area contributed by atoms with Gasteiger partial charge in [0.1, 0.15) is 5.82 Å². The molecule has 0 aliphatic rings. The van der Waals surface area contributed by atoms with Crippen LogP contribution in [0.2, 0.25) is 0 Å². The van der Waals surface area contributed by atoms with E-state index in [4.69, 9.17) is 0 Å². The van der Waals surface area contributed by atoms with Crippen molar-refractivity contribution in [3.8, 4) is 11.3 Å². The Bertz CT molecular complexity index is 1160. The molecule has 0 atom stereocenters. The molecular formula is C19H16FN5O. The highest BCUT2D eigenvalue weighted by Gasteiger charge is 2.13. The van der Waals surface area contributed by atoms with Crippen LogP contribution in [0.15, 0.2) is 53.3 Å². The Kier molecular flexibility index (Phi) is 3.76. The molecule has 7 heteroatoms. The summed E-state index contributed by atoms with van der Waals surface area (Å²) in [6.07, 6.45) is 0. The van der Waals surface area contributed by atoms with Crippen molar-refractivity contribution in [3.05, 3.63) is 76.0 Å². The second kappa shape index (κ2) is 6.11. The topological polar surface area (TPSA) is 75.1 Å². The Balaban J connectivity index is 1.89. The number of aromatic nitrogens is 4. The summed E-state index contributed by atoms with van der Waals surface area (Å²) in [5.74, 6) is -0.232. The number of aromatic amines is 1. The van der Waals surface area contributed by atoms with Gasteiger partial charge < -0.3 is 5.32 Å². The Labute approximate surface area is 148 Å². The molecule has 4 rings (SSSR count). The van der Waals surface area contributed by atoms with Gasteiger partial charge in [-0.15, -0.1) is 0 Å². The summed E-state index contributed by atoms with van der Waals surface area (Å²) in [6, 6.07) is 14.3. The molecule has 0 saturated heterocycles. The smallest absolute Gasteiger partial charge is 0.323 e. The van der Waals surface area contributed by atoms with Gasteiger partial charge in [-0.1, -0.05) is 35.9 Å². The lowest BCUT2D eigenvalue weighted by atomic mass is 10.1. The van der Waals surface area contributed by atoms with Crippen molar-refractivity contribution in [2.45, 2.75) is 13.8 Å². The molecule has 0 spiro atoms. The summed E-state index contributed by atoms with van der Waals surface area (Å²) in [5.41, 5.74) is 3.72. The van der Waals surface area contributed by atoms with Crippen molar-refractivity contribution in [1.82, 2.24) is 19.6 Å². The lowest BCUT2D eigenvalue weighted by Crippen LogP contribution is -2.15. The van der Waals surface area contributed by atoms with Gasteiger partial charge in [-0.05, 0) is 31.5 Å². The minimum atomic E-state index is -0.446. The van der Waals surface area contributed by atoms with Gasteiger partial charge in [0.2, 0.25) is 5.95 Å². The van der Waals surface area contributed by atoms with Crippen molar-refractivity contribution in [1.29, 1.82) is 0 Å². The number of hydrogen-bond acceptors (Lipinski definition) is 4. The van der Waals surface area contributed by atoms with E-state index < -0.39 is 11.5 Å². The summed E-state index contributed by atoms with van der Waals surface area (Å²) in [6.45, 7) is 3.86. The quantitative estimate of drug-likeness (QED) is 0.593. The number of nitrogens with zero attached hydrogens (tertiary/aromatic N) is 3. The first-order valence-corrected chi connectivity index (χ1v) is 8.10. The van der Waals surface area contributed by atoms with Gasteiger partial charge in [0.05, 0.1) is 11.4 Å². The fourth-order valence-corrected chi connectivity index (χ4v) is 2.74. The number of anilines is 2. The van der Waals surface area contributed by atoms with Crippen LogP contribution >= 0.6 is 0 Å². The standard InChI is InChI=1S/C19H16FN5O/c1-11-3-6-13(7-4-11)15-10-17-23-24-19(26)25(17)18(21-15)22-16-9-12(2)5-8-14(16)20/h3-10H,1-2H3,(H,21,22)(H,24,26). The summed E-state index contributed by atoms with van der Waals surface area (Å²) >= 11 is 0. The maximum Gasteiger partial charge on any atom is 0.350 e. The summed E-state index contributed by atoms with van der Waals surface area (Å²) in [4.78, 5) is 16.6. The zero-order valence-electron chi connectivity index (χ0n) is 14.2. The van der Waals surface area contributed by atoms with Gasteiger partial charge in [0.25, 0.3) is 0 Å². The van der Waals surface area contributed by atoms with Crippen molar-refractivity contribution >= 4 is 17.3 Å². The van der Waals surface area contributed by atoms with Crippen molar-refractivity contribution in [2.75, 3.05) is 5.32 Å². The molecule has 6 nitrogen and oxygen atoms in total. The number of rotatable bonds is 3. The van der Waals surface area contributed by atoms with Crippen molar-refractivity contribution < 1.29 is 4.39 Å². The van der Waals surface area contributed by atoms with Gasteiger partial charge >= 0.3 is 5.69 Å². The van der Waals surface area contributed by atoms with Gasteiger partial charge in [-0.2, -0.15) is 5.10 Å². The van der Waals surface area contributed by atoms with Crippen LogP contribution in [0.4, 0.5) is 16.0 Å². The maximum absolute atomic E-state index is 14.1. The molecule has 0 bridgehead atoms. The highest BCUT2D eigenvalue weighted by atomic mass is 19.1. The average molecular weight is 349 g/mol. The molecule has 4 aromatic rings. The van der Waals surface area contributed by atoms with E-state index in [-0.39, 0.29) is 11.6 Å². The van der Waals surface area contributed by atoms with Crippen LogP contribution in [-0.4, -0.2) is 19.6 Å². The molecule has 0 saturated carbocycles. The molecule has 2 aromatic heterocycles. The van der Waals surface area contributed by atoms with Crippen LogP contribution < -0.4 is 11.0 Å². The average Bonchev–Trinajstić information content (AvgIpc) is 3.00. The zero-order valence-corrected chi connectivity index (χ0v) is 14.2. The van der Waals surface area contributed by atoms with Crippen LogP contribution in [0.5, 0.6) is 0 Å². The Hall–Kier alpha value is -3.48. The molecule has 130 valence electrons. The number of nitrogens with one attached hydrogen (secondary N) is 2. The molecule has 26 heavy (non-hydrogen) atoms. The Morgan fingerprint density at radius 3 is 2.54 bits per heavy atom. The molecular weight excluding hydrogens is 333 g/mol. The number of halogens is 1. The highest BCUT2D eigenvalue weighted by molar-refractivity contribution is 5.68. The highest BCUT2D eigenvalue weighted by Crippen LogP contribution is 2.24. The minimum absolute atomic E-state index is 0.196. The summed E-state index contributed by atoms with van der Waals surface area (Å²) < 4.78 is 15.4. The first-order chi connectivity index (χ1) is 12.5. The van der Waals surface area contributed by atoms with E-state index >= 15 is 0 Å². The lowest BCUT2D eigenvalue weighted by molar-refractivity contribution is 0.631. The Morgan fingerprint density at radius 2 is 1.77 bits per heavy atom. The van der Waals surface area contributed by atoms with Crippen LogP contribution in [0.3, 0.4) is 0 Å². The lowest BCUT2D eigenvalue weighted by Gasteiger charge is -2.11. The van der Waals surface area contributed by atoms with E-state index in [1.165, 1.54) is 10.5 Å².